The first-order valence-corrected chi connectivity index (χ1v) is 6.33. The third kappa shape index (κ3) is 2.28. The van der Waals surface area contributed by atoms with Crippen LogP contribution in [0.4, 0.5) is 0 Å². The van der Waals surface area contributed by atoms with Crippen molar-refractivity contribution in [2.75, 3.05) is 0 Å². The highest BCUT2D eigenvalue weighted by Crippen LogP contribution is 2.24. The van der Waals surface area contributed by atoms with Gasteiger partial charge in [0.2, 0.25) is 0 Å². The van der Waals surface area contributed by atoms with Gasteiger partial charge in [-0.15, -0.1) is 0 Å². The Hall–Kier alpha value is -1.13. The maximum absolute atomic E-state index is 11.0. The molecule has 0 amide bonds. The number of aryl methyl sites for hydroxylation is 1. The van der Waals surface area contributed by atoms with Crippen molar-refractivity contribution in [1.82, 2.24) is 9.78 Å². The fourth-order valence-electron chi connectivity index (χ4n) is 1.61. The Morgan fingerprint density at radius 3 is 2.82 bits per heavy atom. The zero-order valence-electron chi connectivity index (χ0n) is 9.15. The summed E-state index contributed by atoms with van der Waals surface area (Å²) >= 11 is 9.54. The highest BCUT2D eigenvalue weighted by Gasteiger charge is 2.15. The lowest BCUT2D eigenvalue weighted by Gasteiger charge is -2.03. The van der Waals surface area contributed by atoms with Crippen LogP contribution in [-0.4, -0.2) is 16.1 Å². The highest BCUT2D eigenvalue weighted by atomic mass is 79.9. The van der Waals surface area contributed by atoms with Crippen molar-refractivity contribution in [2.45, 2.75) is 13.3 Å². The Kier molecular flexibility index (Phi) is 3.64. The van der Waals surface area contributed by atoms with Gasteiger partial charge in [0.25, 0.3) is 0 Å². The maximum atomic E-state index is 11.0. The van der Waals surface area contributed by atoms with Gasteiger partial charge in [0.15, 0.2) is 6.29 Å². The molecular weight excluding hydrogens is 304 g/mol. The standard InChI is InChI=1S/C12H10BrClN2O/c1-2-11-10(7-17)12(14)16(15-11)9-5-3-4-8(13)6-9/h3-7H,2H2,1H3. The Balaban J connectivity index is 2.60. The van der Waals surface area contributed by atoms with E-state index >= 15 is 0 Å². The molecule has 0 unspecified atom stereocenters. The molecule has 1 heterocycles. The van der Waals surface area contributed by atoms with E-state index in [-0.39, 0.29) is 0 Å². The second-order valence-electron chi connectivity index (χ2n) is 3.51. The van der Waals surface area contributed by atoms with Crippen LogP contribution in [0.25, 0.3) is 5.69 Å². The molecule has 5 heteroatoms. The van der Waals surface area contributed by atoms with Gasteiger partial charge in [0.1, 0.15) is 5.15 Å². The van der Waals surface area contributed by atoms with Gasteiger partial charge in [0.05, 0.1) is 16.9 Å². The van der Waals surface area contributed by atoms with E-state index in [9.17, 15) is 4.79 Å². The van der Waals surface area contributed by atoms with Crippen molar-refractivity contribution >= 4 is 33.8 Å². The van der Waals surface area contributed by atoms with E-state index in [1.54, 1.807) is 4.68 Å². The Labute approximate surface area is 113 Å². The number of aldehydes is 1. The fourth-order valence-corrected chi connectivity index (χ4v) is 2.28. The molecule has 0 radical (unpaired) electrons. The van der Waals surface area contributed by atoms with E-state index in [0.717, 1.165) is 16.4 Å². The lowest BCUT2D eigenvalue weighted by atomic mass is 10.2. The van der Waals surface area contributed by atoms with Crippen LogP contribution in [0.15, 0.2) is 28.7 Å². The predicted octanol–water partition coefficient (Wildman–Crippen LogP) is 3.66. The largest absolute Gasteiger partial charge is 0.298 e. The van der Waals surface area contributed by atoms with E-state index in [2.05, 4.69) is 21.0 Å². The number of halogens is 2. The van der Waals surface area contributed by atoms with E-state index in [4.69, 9.17) is 11.6 Å². The monoisotopic (exact) mass is 312 g/mol. The quantitative estimate of drug-likeness (QED) is 0.811. The zero-order chi connectivity index (χ0) is 12.4. The predicted molar refractivity (Wildman–Crippen MR) is 71.0 cm³/mol. The summed E-state index contributed by atoms with van der Waals surface area (Å²) in [6.07, 6.45) is 1.43. The summed E-state index contributed by atoms with van der Waals surface area (Å²) in [5, 5.41) is 4.70. The van der Waals surface area contributed by atoms with Gasteiger partial charge >= 0.3 is 0 Å². The number of carbonyl (C=O) groups is 1. The molecule has 1 aromatic carbocycles. The SMILES string of the molecule is CCc1nn(-c2cccc(Br)c2)c(Cl)c1C=O. The molecule has 0 atom stereocenters. The van der Waals surface area contributed by atoms with Crippen LogP contribution in [0.2, 0.25) is 5.15 Å². The molecule has 0 aliphatic heterocycles. The van der Waals surface area contributed by atoms with Crippen LogP contribution < -0.4 is 0 Å². The number of nitrogens with zero attached hydrogens (tertiary/aromatic N) is 2. The minimum Gasteiger partial charge on any atom is -0.298 e. The molecule has 0 spiro atoms. The molecule has 0 bridgehead atoms. The van der Waals surface area contributed by atoms with Crippen molar-refractivity contribution in [3.8, 4) is 5.69 Å². The van der Waals surface area contributed by atoms with Gasteiger partial charge in [-0.1, -0.05) is 40.5 Å². The molecule has 0 saturated carbocycles. The molecule has 17 heavy (non-hydrogen) atoms. The van der Waals surface area contributed by atoms with Crippen molar-refractivity contribution in [2.24, 2.45) is 0 Å². The summed E-state index contributed by atoms with van der Waals surface area (Å²) in [7, 11) is 0. The lowest BCUT2D eigenvalue weighted by molar-refractivity contribution is 0.112. The van der Waals surface area contributed by atoms with Crippen molar-refractivity contribution in [3.05, 3.63) is 45.1 Å². The van der Waals surface area contributed by atoms with Gasteiger partial charge in [-0.05, 0) is 24.6 Å². The normalized spacial score (nSPS) is 10.5. The van der Waals surface area contributed by atoms with Crippen LogP contribution in [0, 0.1) is 0 Å². The smallest absolute Gasteiger partial charge is 0.155 e. The molecule has 0 N–H and O–H groups in total. The molecule has 0 fully saturated rings. The number of rotatable bonds is 3. The van der Waals surface area contributed by atoms with E-state index in [0.29, 0.717) is 22.8 Å². The number of hydrogen-bond acceptors (Lipinski definition) is 2. The minimum absolute atomic E-state index is 0.356. The van der Waals surface area contributed by atoms with Crippen molar-refractivity contribution in [3.63, 3.8) is 0 Å². The molecule has 0 saturated heterocycles. The summed E-state index contributed by atoms with van der Waals surface area (Å²) < 4.78 is 2.52. The average Bonchev–Trinajstić information content (AvgIpc) is 2.65. The first-order valence-electron chi connectivity index (χ1n) is 5.16. The molecule has 1 aromatic heterocycles. The highest BCUT2D eigenvalue weighted by molar-refractivity contribution is 9.10. The van der Waals surface area contributed by atoms with Gasteiger partial charge in [-0.3, -0.25) is 4.79 Å². The minimum atomic E-state index is 0.356. The van der Waals surface area contributed by atoms with Crippen LogP contribution in [-0.2, 0) is 6.42 Å². The van der Waals surface area contributed by atoms with Crippen LogP contribution in [0.1, 0.15) is 23.0 Å². The summed E-state index contributed by atoms with van der Waals surface area (Å²) in [6, 6.07) is 7.59. The zero-order valence-corrected chi connectivity index (χ0v) is 11.5. The summed E-state index contributed by atoms with van der Waals surface area (Å²) in [6.45, 7) is 1.94. The van der Waals surface area contributed by atoms with E-state index in [1.807, 2.05) is 31.2 Å². The van der Waals surface area contributed by atoms with Crippen LogP contribution in [0.3, 0.4) is 0 Å². The number of hydrogen-bond donors (Lipinski definition) is 0. The molecule has 2 aromatic rings. The topological polar surface area (TPSA) is 34.9 Å². The summed E-state index contributed by atoms with van der Waals surface area (Å²) in [5.74, 6) is 0. The second-order valence-corrected chi connectivity index (χ2v) is 4.79. The molecule has 3 nitrogen and oxygen atoms in total. The molecule has 2 rings (SSSR count). The third-order valence-corrected chi connectivity index (χ3v) is 3.30. The van der Waals surface area contributed by atoms with E-state index < -0.39 is 0 Å². The van der Waals surface area contributed by atoms with Gasteiger partial charge in [0, 0.05) is 4.47 Å². The molecule has 0 aliphatic carbocycles. The first-order chi connectivity index (χ1) is 8.17. The number of benzene rings is 1. The van der Waals surface area contributed by atoms with Crippen molar-refractivity contribution in [1.29, 1.82) is 0 Å². The summed E-state index contributed by atoms with van der Waals surface area (Å²) in [5.41, 5.74) is 2.01. The van der Waals surface area contributed by atoms with Crippen molar-refractivity contribution < 1.29 is 4.79 Å². The lowest BCUT2D eigenvalue weighted by Crippen LogP contribution is -1.97. The first kappa shape index (κ1) is 12.3. The Bertz CT molecular complexity index is 566. The van der Waals surface area contributed by atoms with Gasteiger partial charge in [-0.2, -0.15) is 5.10 Å². The summed E-state index contributed by atoms with van der Waals surface area (Å²) in [4.78, 5) is 11.0. The van der Waals surface area contributed by atoms with Gasteiger partial charge < -0.3 is 0 Å². The number of carbonyl (C=O) groups excluding carboxylic acids is 1. The Morgan fingerprint density at radius 1 is 1.53 bits per heavy atom. The second kappa shape index (κ2) is 5.02. The van der Waals surface area contributed by atoms with E-state index in [1.165, 1.54) is 0 Å². The van der Waals surface area contributed by atoms with Crippen LogP contribution >= 0.6 is 27.5 Å². The fraction of sp³-hybridized carbons (Fsp3) is 0.167. The van der Waals surface area contributed by atoms with Crippen LogP contribution in [0.5, 0.6) is 0 Å². The third-order valence-electron chi connectivity index (χ3n) is 2.45. The molecule has 0 aliphatic rings. The Morgan fingerprint density at radius 2 is 2.29 bits per heavy atom. The number of aromatic nitrogens is 2. The van der Waals surface area contributed by atoms with Gasteiger partial charge in [-0.25, -0.2) is 4.68 Å². The maximum Gasteiger partial charge on any atom is 0.155 e. The molecular formula is C12H10BrClN2O. The molecule has 88 valence electrons. The average molecular weight is 314 g/mol.